The number of ether oxygens (including phenoxy) is 1. The molecule has 0 bridgehead atoms. The molecule has 2 rings (SSSR count). The first-order valence-corrected chi connectivity index (χ1v) is 5.26. The van der Waals surface area contributed by atoms with Crippen LogP contribution in [-0.4, -0.2) is 35.7 Å². The molecule has 90 valence electrons. The highest BCUT2D eigenvalue weighted by molar-refractivity contribution is 5.97. The minimum atomic E-state index is -1.34. The lowest BCUT2D eigenvalue weighted by Crippen LogP contribution is -2.57. The number of carboxylic acids is 1. The highest BCUT2D eigenvalue weighted by atomic mass is 16.5. The summed E-state index contributed by atoms with van der Waals surface area (Å²) >= 11 is 0. The molecule has 1 unspecified atom stereocenters. The van der Waals surface area contributed by atoms with Gasteiger partial charge < -0.3 is 14.7 Å². The Kier molecular flexibility index (Phi) is 2.85. The first-order valence-electron chi connectivity index (χ1n) is 5.26. The van der Waals surface area contributed by atoms with Crippen LogP contribution in [-0.2, 0) is 14.3 Å². The van der Waals surface area contributed by atoms with Gasteiger partial charge in [0.05, 0.1) is 6.54 Å². The molecule has 1 saturated heterocycles. The lowest BCUT2D eigenvalue weighted by atomic mass is 10.0. The summed E-state index contributed by atoms with van der Waals surface area (Å²) in [4.78, 5) is 24.3. The maximum Gasteiger partial charge on any atom is 0.337 e. The van der Waals surface area contributed by atoms with Gasteiger partial charge in [-0.2, -0.15) is 0 Å². The molecule has 0 radical (unpaired) electrons. The molecule has 17 heavy (non-hydrogen) atoms. The lowest BCUT2D eigenvalue weighted by molar-refractivity contribution is -0.168. The number of benzene rings is 1. The number of amides is 1. The second-order valence-electron chi connectivity index (χ2n) is 4.14. The number of carboxylic acid groups (broad SMARTS) is 1. The molecular formula is C12H13NO4. The number of rotatable bonds is 2. The van der Waals surface area contributed by atoms with Crippen molar-refractivity contribution in [3.05, 3.63) is 30.3 Å². The van der Waals surface area contributed by atoms with Crippen molar-refractivity contribution in [3.8, 4) is 0 Å². The van der Waals surface area contributed by atoms with Crippen molar-refractivity contribution in [3.63, 3.8) is 0 Å². The molecule has 1 fully saturated rings. The Balaban J connectivity index is 2.28. The van der Waals surface area contributed by atoms with Crippen LogP contribution >= 0.6 is 0 Å². The monoisotopic (exact) mass is 235 g/mol. The molecular weight excluding hydrogens is 222 g/mol. The zero-order valence-electron chi connectivity index (χ0n) is 9.42. The third-order valence-corrected chi connectivity index (χ3v) is 2.80. The van der Waals surface area contributed by atoms with Crippen molar-refractivity contribution in [2.45, 2.75) is 12.5 Å². The number of hydrogen-bond acceptors (Lipinski definition) is 3. The van der Waals surface area contributed by atoms with Crippen LogP contribution in [0.5, 0.6) is 0 Å². The van der Waals surface area contributed by atoms with E-state index in [0.29, 0.717) is 5.69 Å². The largest absolute Gasteiger partial charge is 0.479 e. The van der Waals surface area contributed by atoms with Gasteiger partial charge in [-0.15, -0.1) is 0 Å². The van der Waals surface area contributed by atoms with Gasteiger partial charge in [-0.25, -0.2) is 4.79 Å². The van der Waals surface area contributed by atoms with Gasteiger partial charge in [-0.05, 0) is 19.1 Å². The van der Waals surface area contributed by atoms with Crippen LogP contribution in [0.4, 0.5) is 5.69 Å². The van der Waals surface area contributed by atoms with Gasteiger partial charge >= 0.3 is 5.97 Å². The van der Waals surface area contributed by atoms with E-state index in [9.17, 15) is 9.59 Å². The van der Waals surface area contributed by atoms with Gasteiger partial charge in [0.2, 0.25) is 0 Å². The summed E-state index contributed by atoms with van der Waals surface area (Å²) in [5.41, 5.74) is -0.655. The molecule has 5 heteroatoms. The Labute approximate surface area is 98.6 Å². The van der Waals surface area contributed by atoms with Crippen LogP contribution in [0.25, 0.3) is 0 Å². The lowest BCUT2D eigenvalue weighted by Gasteiger charge is -2.37. The summed E-state index contributed by atoms with van der Waals surface area (Å²) in [7, 11) is 0. The highest BCUT2D eigenvalue weighted by Crippen LogP contribution is 2.24. The Bertz CT molecular complexity index is 445. The molecule has 1 amide bonds. The van der Waals surface area contributed by atoms with E-state index in [-0.39, 0.29) is 19.1 Å². The number of para-hydroxylation sites is 1. The van der Waals surface area contributed by atoms with Crippen LogP contribution in [0, 0.1) is 0 Å². The van der Waals surface area contributed by atoms with Crippen LogP contribution in [0.2, 0.25) is 0 Å². The summed E-state index contributed by atoms with van der Waals surface area (Å²) < 4.78 is 5.10. The summed E-state index contributed by atoms with van der Waals surface area (Å²) in [5.74, 6) is -1.29. The smallest absolute Gasteiger partial charge is 0.337 e. The fourth-order valence-electron chi connectivity index (χ4n) is 1.71. The molecule has 1 atom stereocenters. The van der Waals surface area contributed by atoms with Crippen LogP contribution in [0.1, 0.15) is 6.92 Å². The SMILES string of the molecule is CC1(C(=O)O)CN(c2ccccc2)C(=O)CO1. The number of aliphatic carboxylic acids is 1. The van der Waals surface area contributed by atoms with E-state index >= 15 is 0 Å². The molecule has 0 saturated carbocycles. The van der Waals surface area contributed by atoms with Gasteiger partial charge in [0.25, 0.3) is 5.91 Å². The van der Waals surface area contributed by atoms with Gasteiger partial charge in [0, 0.05) is 5.69 Å². The standard InChI is InChI=1S/C12H13NO4/c1-12(11(15)16)8-13(10(14)7-17-12)9-5-3-2-4-6-9/h2-6H,7-8H2,1H3,(H,15,16). The predicted octanol–water partition coefficient (Wildman–Crippen LogP) is 0.893. The zero-order chi connectivity index (χ0) is 12.5. The average molecular weight is 235 g/mol. The van der Waals surface area contributed by atoms with Gasteiger partial charge in [-0.1, -0.05) is 18.2 Å². The van der Waals surface area contributed by atoms with Gasteiger partial charge in [-0.3, -0.25) is 4.79 Å². The molecule has 0 aliphatic carbocycles. The van der Waals surface area contributed by atoms with E-state index in [1.165, 1.54) is 11.8 Å². The molecule has 0 aromatic heterocycles. The minimum Gasteiger partial charge on any atom is -0.479 e. The van der Waals surface area contributed by atoms with E-state index < -0.39 is 11.6 Å². The fraction of sp³-hybridized carbons (Fsp3) is 0.333. The fourth-order valence-corrected chi connectivity index (χ4v) is 1.71. The van der Waals surface area contributed by atoms with E-state index in [4.69, 9.17) is 9.84 Å². The molecule has 1 heterocycles. The van der Waals surface area contributed by atoms with E-state index in [0.717, 1.165) is 0 Å². The number of hydrogen-bond donors (Lipinski definition) is 1. The van der Waals surface area contributed by atoms with Crippen molar-refractivity contribution < 1.29 is 19.4 Å². The first-order chi connectivity index (χ1) is 8.03. The minimum absolute atomic E-state index is 0.0190. The molecule has 1 aromatic rings. The molecule has 1 N–H and O–H groups in total. The Morgan fingerprint density at radius 1 is 1.41 bits per heavy atom. The van der Waals surface area contributed by atoms with E-state index in [2.05, 4.69) is 0 Å². The third kappa shape index (κ3) is 2.14. The van der Waals surface area contributed by atoms with Crippen molar-refractivity contribution >= 4 is 17.6 Å². The van der Waals surface area contributed by atoms with Crippen molar-refractivity contribution in [2.75, 3.05) is 18.1 Å². The van der Waals surface area contributed by atoms with Crippen molar-refractivity contribution in [2.24, 2.45) is 0 Å². The summed E-state index contributed by atoms with van der Waals surface area (Å²) in [6, 6.07) is 8.98. The topological polar surface area (TPSA) is 66.8 Å². The Morgan fingerprint density at radius 2 is 2.06 bits per heavy atom. The number of carbonyl (C=O) groups excluding carboxylic acids is 1. The quantitative estimate of drug-likeness (QED) is 0.826. The maximum atomic E-state index is 11.7. The summed E-state index contributed by atoms with van der Waals surface area (Å²) in [6.45, 7) is 1.28. The second kappa shape index (κ2) is 4.18. The molecule has 5 nitrogen and oxygen atoms in total. The Hall–Kier alpha value is -1.88. The zero-order valence-corrected chi connectivity index (χ0v) is 9.42. The van der Waals surface area contributed by atoms with E-state index in [1.54, 1.807) is 24.3 Å². The van der Waals surface area contributed by atoms with Crippen LogP contribution in [0.15, 0.2) is 30.3 Å². The Morgan fingerprint density at radius 3 is 2.65 bits per heavy atom. The number of morpholine rings is 1. The van der Waals surface area contributed by atoms with E-state index in [1.807, 2.05) is 6.07 Å². The van der Waals surface area contributed by atoms with Crippen LogP contribution < -0.4 is 4.90 Å². The number of carbonyl (C=O) groups is 2. The molecule has 0 spiro atoms. The number of anilines is 1. The third-order valence-electron chi connectivity index (χ3n) is 2.80. The molecule has 1 aliphatic rings. The summed E-state index contributed by atoms with van der Waals surface area (Å²) in [6.07, 6.45) is 0. The van der Waals surface area contributed by atoms with Crippen LogP contribution in [0.3, 0.4) is 0 Å². The highest BCUT2D eigenvalue weighted by Gasteiger charge is 2.42. The molecule has 1 aromatic carbocycles. The van der Waals surface area contributed by atoms with Crippen molar-refractivity contribution in [1.82, 2.24) is 0 Å². The first kappa shape index (κ1) is 11.6. The van der Waals surface area contributed by atoms with Gasteiger partial charge in [0.15, 0.2) is 5.60 Å². The maximum absolute atomic E-state index is 11.7. The normalized spacial score (nSPS) is 24.8. The van der Waals surface area contributed by atoms with Crippen molar-refractivity contribution in [1.29, 1.82) is 0 Å². The van der Waals surface area contributed by atoms with Gasteiger partial charge in [0.1, 0.15) is 6.61 Å². The number of nitrogens with zero attached hydrogens (tertiary/aromatic N) is 1. The predicted molar refractivity (Wildman–Crippen MR) is 60.8 cm³/mol. The summed E-state index contributed by atoms with van der Waals surface area (Å²) in [5, 5.41) is 9.09. The average Bonchev–Trinajstić information content (AvgIpc) is 2.33. The molecule has 1 aliphatic heterocycles. The second-order valence-corrected chi connectivity index (χ2v) is 4.14.